The number of nitrogens with zero attached hydrogens (tertiary/aromatic N) is 1. The minimum absolute atomic E-state index is 0.227. The second kappa shape index (κ2) is 9.78. The number of hydrogen-bond donors (Lipinski definition) is 0. The number of rotatable bonds is 9. The van der Waals surface area contributed by atoms with Gasteiger partial charge < -0.3 is 18.8 Å². The molecule has 0 radical (unpaired) electrons. The summed E-state index contributed by atoms with van der Waals surface area (Å²) in [5.41, 5.74) is 3.42. The van der Waals surface area contributed by atoms with E-state index in [0.29, 0.717) is 17.1 Å². The molecule has 0 aliphatic rings. The molecule has 1 aromatic carbocycles. The second-order valence-corrected chi connectivity index (χ2v) is 6.31. The Morgan fingerprint density at radius 1 is 1.11 bits per heavy atom. The van der Waals surface area contributed by atoms with Gasteiger partial charge in [0.2, 0.25) is 5.78 Å². The van der Waals surface area contributed by atoms with Crippen LogP contribution in [0.1, 0.15) is 41.2 Å². The van der Waals surface area contributed by atoms with E-state index in [2.05, 4.69) is 0 Å². The lowest BCUT2D eigenvalue weighted by atomic mass is 10.1. The Labute approximate surface area is 165 Å². The molecule has 28 heavy (non-hydrogen) atoms. The van der Waals surface area contributed by atoms with Crippen LogP contribution in [0.5, 0.6) is 11.5 Å². The summed E-state index contributed by atoms with van der Waals surface area (Å²) in [7, 11) is 1.53. The van der Waals surface area contributed by atoms with Crippen LogP contribution < -0.4 is 9.47 Å². The fourth-order valence-corrected chi connectivity index (χ4v) is 3.07. The molecule has 0 saturated carbocycles. The number of methoxy groups -OCH3 is 1. The van der Waals surface area contributed by atoms with Gasteiger partial charge in [-0.25, -0.2) is 4.79 Å². The first kappa shape index (κ1) is 21.3. The molecule has 150 valence electrons. The number of Topliss-reactive ketones (excluding diaryl/α,β-unsaturated/α-hetero) is 1. The fourth-order valence-electron chi connectivity index (χ4n) is 3.07. The molecule has 0 aliphatic carbocycles. The third-order valence-corrected chi connectivity index (χ3v) is 4.45. The minimum Gasteiger partial charge on any atom is -0.493 e. The summed E-state index contributed by atoms with van der Waals surface area (Å²) in [4.78, 5) is 24.3. The zero-order chi connectivity index (χ0) is 20.7. The third-order valence-electron chi connectivity index (χ3n) is 4.45. The second-order valence-electron chi connectivity index (χ2n) is 6.31. The number of benzene rings is 1. The molecule has 1 heterocycles. The van der Waals surface area contributed by atoms with Gasteiger partial charge in [0.1, 0.15) is 0 Å². The average Bonchev–Trinajstić information content (AvgIpc) is 2.98. The summed E-state index contributed by atoms with van der Waals surface area (Å²) >= 11 is 0. The Morgan fingerprint density at radius 2 is 1.86 bits per heavy atom. The van der Waals surface area contributed by atoms with Crippen molar-refractivity contribution in [1.29, 1.82) is 0 Å². The topological polar surface area (TPSA) is 66.8 Å². The Morgan fingerprint density at radius 3 is 2.46 bits per heavy atom. The summed E-state index contributed by atoms with van der Waals surface area (Å²) in [6.07, 6.45) is 3.85. The van der Waals surface area contributed by atoms with Crippen molar-refractivity contribution in [3.8, 4) is 11.5 Å². The quantitative estimate of drug-likeness (QED) is 0.483. The van der Waals surface area contributed by atoms with Crippen LogP contribution >= 0.6 is 0 Å². The van der Waals surface area contributed by atoms with Gasteiger partial charge in [-0.05, 0) is 51.5 Å². The summed E-state index contributed by atoms with van der Waals surface area (Å²) in [5, 5.41) is 0. The smallest absolute Gasteiger partial charge is 0.344 e. The molecular weight excluding hydrogens is 358 g/mol. The van der Waals surface area contributed by atoms with Crippen LogP contribution in [0.3, 0.4) is 0 Å². The van der Waals surface area contributed by atoms with Crippen molar-refractivity contribution in [3.63, 3.8) is 0 Å². The number of carbonyl (C=O) groups excluding carboxylic acids is 2. The lowest BCUT2D eigenvalue weighted by Gasteiger charge is -2.11. The standard InChI is InChI=1S/C22H27NO5/c1-6-8-17-9-10-20(21(12-17)26-5)27-14-22(25)28-13-19(24)18-11-15(3)23(7-2)16(18)4/h6,8-12H,7,13-14H2,1-5H3/b8-6+. The molecule has 0 atom stereocenters. The Kier molecular flexibility index (Phi) is 7.44. The molecule has 2 rings (SSSR count). The van der Waals surface area contributed by atoms with E-state index in [4.69, 9.17) is 14.2 Å². The van der Waals surface area contributed by atoms with Gasteiger partial charge in [0.15, 0.2) is 24.7 Å². The molecule has 0 fully saturated rings. The SMILES string of the molecule is C/C=C/c1ccc(OCC(=O)OCC(=O)c2cc(C)n(CC)c2C)c(OC)c1. The predicted octanol–water partition coefficient (Wildman–Crippen LogP) is 3.97. The highest BCUT2D eigenvalue weighted by atomic mass is 16.6. The van der Waals surface area contributed by atoms with Crippen molar-refractivity contribution in [3.05, 3.63) is 52.9 Å². The van der Waals surface area contributed by atoms with Crippen molar-refractivity contribution >= 4 is 17.8 Å². The maximum Gasteiger partial charge on any atom is 0.344 e. The van der Waals surface area contributed by atoms with E-state index in [1.807, 2.05) is 62.6 Å². The zero-order valence-electron chi connectivity index (χ0n) is 17.1. The maximum absolute atomic E-state index is 12.4. The van der Waals surface area contributed by atoms with Gasteiger partial charge in [-0.15, -0.1) is 0 Å². The van der Waals surface area contributed by atoms with Crippen LogP contribution in [0.4, 0.5) is 0 Å². The third kappa shape index (κ3) is 5.03. The fraction of sp³-hybridized carbons (Fsp3) is 0.364. The molecule has 0 spiro atoms. The first-order valence-electron chi connectivity index (χ1n) is 9.20. The van der Waals surface area contributed by atoms with Crippen molar-refractivity contribution in [2.45, 2.75) is 34.2 Å². The number of ether oxygens (including phenoxy) is 3. The van der Waals surface area contributed by atoms with E-state index < -0.39 is 5.97 Å². The Hall–Kier alpha value is -3.02. The van der Waals surface area contributed by atoms with Crippen LogP contribution in [0.15, 0.2) is 30.3 Å². The van der Waals surface area contributed by atoms with E-state index in [-0.39, 0.29) is 19.0 Å². The number of carbonyl (C=O) groups is 2. The molecule has 0 N–H and O–H groups in total. The number of aromatic nitrogens is 1. The molecule has 1 aromatic heterocycles. The van der Waals surface area contributed by atoms with Crippen LogP contribution in [-0.4, -0.2) is 36.6 Å². The van der Waals surface area contributed by atoms with E-state index in [9.17, 15) is 9.59 Å². The van der Waals surface area contributed by atoms with E-state index in [1.165, 1.54) is 7.11 Å². The van der Waals surface area contributed by atoms with Gasteiger partial charge in [-0.1, -0.05) is 18.2 Å². The molecule has 0 aliphatic heterocycles. The van der Waals surface area contributed by atoms with E-state index in [0.717, 1.165) is 23.5 Å². The van der Waals surface area contributed by atoms with Gasteiger partial charge in [0, 0.05) is 23.5 Å². The van der Waals surface area contributed by atoms with Crippen LogP contribution in [-0.2, 0) is 16.1 Å². The van der Waals surface area contributed by atoms with Crippen molar-refractivity contribution < 1.29 is 23.8 Å². The number of allylic oxidation sites excluding steroid dienone is 1. The van der Waals surface area contributed by atoms with Gasteiger partial charge in [-0.3, -0.25) is 4.79 Å². The minimum atomic E-state index is -0.614. The monoisotopic (exact) mass is 385 g/mol. The first-order chi connectivity index (χ1) is 13.4. The maximum atomic E-state index is 12.4. The molecule has 0 bridgehead atoms. The molecule has 0 amide bonds. The van der Waals surface area contributed by atoms with Gasteiger partial charge >= 0.3 is 5.97 Å². The molecule has 0 unspecified atom stereocenters. The molecule has 0 saturated heterocycles. The highest BCUT2D eigenvalue weighted by Gasteiger charge is 2.17. The van der Waals surface area contributed by atoms with E-state index in [1.54, 1.807) is 6.07 Å². The molecular formula is C22H27NO5. The lowest BCUT2D eigenvalue weighted by molar-refractivity contribution is -0.144. The normalized spacial score (nSPS) is 10.9. The summed E-state index contributed by atoms with van der Waals surface area (Å²) < 4.78 is 17.9. The van der Waals surface area contributed by atoms with Crippen molar-refractivity contribution in [1.82, 2.24) is 4.57 Å². The molecule has 6 heteroatoms. The first-order valence-corrected chi connectivity index (χ1v) is 9.20. The van der Waals surface area contributed by atoms with Gasteiger partial charge in [0.05, 0.1) is 7.11 Å². The van der Waals surface area contributed by atoms with Crippen molar-refractivity contribution in [2.24, 2.45) is 0 Å². The lowest BCUT2D eigenvalue weighted by Crippen LogP contribution is -2.20. The number of ketones is 1. The number of aryl methyl sites for hydroxylation is 1. The summed E-state index contributed by atoms with van der Waals surface area (Å²) in [6.45, 7) is 7.95. The summed E-state index contributed by atoms with van der Waals surface area (Å²) in [5.74, 6) is 0.115. The van der Waals surface area contributed by atoms with Crippen LogP contribution in [0.2, 0.25) is 0 Å². The average molecular weight is 385 g/mol. The molecule has 2 aromatic rings. The summed E-state index contributed by atoms with van der Waals surface area (Å²) in [6, 6.07) is 7.22. The van der Waals surface area contributed by atoms with E-state index >= 15 is 0 Å². The zero-order valence-corrected chi connectivity index (χ0v) is 17.1. The van der Waals surface area contributed by atoms with Gasteiger partial charge in [-0.2, -0.15) is 0 Å². The number of hydrogen-bond acceptors (Lipinski definition) is 5. The van der Waals surface area contributed by atoms with Crippen LogP contribution in [0.25, 0.3) is 6.08 Å². The highest BCUT2D eigenvalue weighted by Crippen LogP contribution is 2.28. The van der Waals surface area contributed by atoms with Gasteiger partial charge in [0.25, 0.3) is 0 Å². The van der Waals surface area contributed by atoms with Crippen LogP contribution in [0, 0.1) is 13.8 Å². The van der Waals surface area contributed by atoms with Crippen molar-refractivity contribution in [2.75, 3.05) is 20.3 Å². The predicted molar refractivity (Wildman–Crippen MR) is 108 cm³/mol. The number of esters is 1. The highest BCUT2D eigenvalue weighted by molar-refractivity contribution is 5.99. The largest absolute Gasteiger partial charge is 0.493 e. The Balaban J connectivity index is 1.92. The Bertz CT molecular complexity index is 879. The molecule has 6 nitrogen and oxygen atoms in total.